The summed E-state index contributed by atoms with van der Waals surface area (Å²) < 4.78 is 5.48. The number of carbonyl (C=O) groups excluding carboxylic acids is 2. The molecule has 4 rings (SSSR count). The summed E-state index contributed by atoms with van der Waals surface area (Å²) in [6.45, 7) is 16.4. The average molecular weight is 487 g/mol. The second-order valence-electron chi connectivity index (χ2n) is 14.2. The van der Waals surface area contributed by atoms with Crippen LogP contribution in [0.5, 0.6) is 0 Å². The molecule has 4 heteroatoms. The number of carbonyl (C=O) groups is 2. The summed E-state index contributed by atoms with van der Waals surface area (Å²) in [7, 11) is 1.56. The van der Waals surface area contributed by atoms with Crippen molar-refractivity contribution in [1.29, 1.82) is 0 Å². The molecule has 0 heterocycles. The van der Waals surface area contributed by atoms with E-state index >= 15 is 0 Å². The number of aliphatic hydroxyl groups excluding tert-OH is 1. The Kier molecular flexibility index (Phi) is 6.69. The Morgan fingerprint density at radius 2 is 1.83 bits per heavy atom. The zero-order valence-electron chi connectivity index (χ0n) is 23.6. The maximum absolute atomic E-state index is 13.4. The summed E-state index contributed by atoms with van der Waals surface area (Å²) in [4.78, 5) is 25.6. The van der Waals surface area contributed by atoms with Crippen molar-refractivity contribution in [2.24, 2.45) is 56.7 Å². The number of rotatable bonds is 5. The molecule has 4 nitrogen and oxygen atoms in total. The second kappa shape index (κ2) is 8.71. The van der Waals surface area contributed by atoms with Crippen LogP contribution in [0.15, 0.2) is 11.6 Å². The van der Waals surface area contributed by atoms with Crippen molar-refractivity contribution in [3.63, 3.8) is 0 Å². The molecule has 3 saturated carbocycles. The van der Waals surface area contributed by atoms with Crippen molar-refractivity contribution in [3.05, 3.63) is 11.6 Å². The molecule has 0 aromatic carbocycles. The minimum Gasteiger partial charge on any atom is -0.469 e. The first-order valence-electron chi connectivity index (χ1n) is 14.1. The van der Waals surface area contributed by atoms with E-state index in [9.17, 15) is 14.7 Å². The number of methoxy groups -OCH3 is 1. The Morgan fingerprint density at radius 1 is 1.14 bits per heavy atom. The molecule has 4 aliphatic rings. The van der Waals surface area contributed by atoms with Gasteiger partial charge in [0.15, 0.2) is 0 Å². The molecule has 4 aliphatic carbocycles. The highest BCUT2D eigenvalue weighted by Gasteiger charge is 2.68. The number of fused-ring (bicyclic) bond motifs is 5. The van der Waals surface area contributed by atoms with Gasteiger partial charge in [-0.2, -0.15) is 0 Å². The maximum atomic E-state index is 13.4. The van der Waals surface area contributed by atoms with Crippen LogP contribution in [0.2, 0.25) is 0 Å². The van der Waals surface area contributed by atoms with Crippen LogP contribution < -0.4 is 0 Å². The molecular formula is C31H50O4. The highest BCUT2D eigenvalue weighted by Crippen LogP contribution is 2.74. The molecule has 0 radical (unpaired) electrons. The van der Waals surface area contributed by atoms with Gasteiger partial charge in [-0.05, 0) is 97.2 Å². The molecule has 0 spiro atoms. The van der Waals surface area contributed by atoms with Crippen LogP contribution in [-0.2, 0) is 14.3 Å². The van der Waals surface area contributed by atoms with E-state index in [1.54, 1.807) is 7.11 Å². The topological polar surface area (TPSA) is 63.6 Å². The van der Waals surface area contributed by atoms with Gasteiger partial charge in [-0.3, -0.25) is 4.79 Å². The van der Waals surface area contributed by atoms with Crippen molar-refractivity contribution in [1.82, 2.24) is 0 Å². The zero-order valence-corrected chi connectivity index (χ0v) is 23.6. The van der Waals surface area contributed by atoms with Crippen LogP contribution in [0.1, 0.15) is 99.8 Å². The van der Waals surface area contributed by atoms with Crippen LogP contribution in [0.25, 0.3) is 0 Å². The van der Waals surface area contributed by atoms with E-state index in [1.165, 1.54) is 5.57 Å². The first-order chi connectivity index (χ1) is 16.3. The summed E-state index contributed by atoms with van der Waals surface area (Å²) in [6, 6.07) is 0. The smallest absolute Gasteiger partial charge is 0.312 e. The van der Waals surface area contributed by atoms with Gasteiger partial charge in [-0.15, -0.1) is 0 Å². The van der Waals surface area contributed by atoms with Crippen LogP contribution in [0, 0.1) is 56.7 Å². The van der Waals surface area contributed by atoms with Gasteiger partial charge in [0.2, 0.25) is 0 Å². The number of aldehydes is 1. The highest BCUT2D eigenvalue weighted by atomic mass is 16.5. The molecule has 0 amide bonds. The van der Waals surface area contributed by atoms with Crippen molar-refractivity contribution in [2.45, 2.75) is 99.8 Å². The van der Waals surface area contributed by atoms with E-state index in [4.69, 9.17) is 4.74 Å². The van der Waals surface area contributed by atoms with E-state index in [-0.39, 0.29) is 46.1 Å². The quantitative estimate of drug-likeness (QED) is 0.270. The monoisotopic (exact) mass is 486 g/mol. The molecule has 9 unspecified atom stereocenters. The lowest BCUT2D eigenvalue weighted by Gasteiger charge is -2.69. The van der Waals surface area contributed by atoms with E-state index in [0.29, 0.717) is 17.8 Å². The van der Waals surface area contributed by atoms with E-state index in [1.807, 2.05) is 0 Å². The van der Waals surface area contributed by atoms with Crippen LogP contribution in [0.3, 0.4) is 0 Å². The third-order valence-corrected chi connectivity index (χ3v) is 12.7. The Balaban J connectivity index is 1.85. The fourth-order valence-corrected chi connectivity index (χ4v) is 10.3. The molecule has 0 aromatic rings. The maximum Gasteiger partial charge on any atom is 0.312 e. The van der Waals surface area contributed by atoms with Crippen molar-refractivity contribution >= 4 is 12.3 Å². The van der Waals surface area contributed by atoms with Gasteiger partial charge in [0.25, 0.3) is 0 Å². The van der Waals surface area contributed by atoms with E-state index in [0.717, 1.165) is 57.7 Å². The number of ether oxygens (including phenoxy) is 1. The van der Waals surface area contributed by atoms with Gasteiger partial charge in [0.05, 0.1) is 12.5 Å². The van der Waals surface area contributed by atoms with Crippen molar-refractivity contribution < 1.29 is 19.4 Å². The summed E-state index contributed by atoms with van der Waals surface area (Å²) in [5, 5.41) is 10.2. The Hall–Kier alpha value is -1.16. The van der Waals surface area contributed by atoms with Crippen molar-refractivity contribution in [2.75, 3.05) is 13.7 Å². The van der Waals surface area contributed by atoms with E-state index in [2.05, 4.69) is 54.5 Å². The number of esters is 1. The highest BCUT2D eigenvalue weighted by molar-refractivity contribution is 5.78. The van der Waals surface area contributed by atoms with Crippen LogP contribution in [-0.4, -0.2) is 31.1 Å². The number of allylic oxidation sites excluding steroid dienone is 2. The Bertz CT molecular complexity index is 890. The number of hydrogen-bond donors (Lipinski definition) is 1. The second-order valence-corrected chi connectivity index (χ2v) is 14.2. The Labute approximate surface area is 213 Å². The molecule has 0 bridgehead atoms. The summed E-state index contributed by atoms with van der Waals surface area (Å²) in [6.07, 6.45) is 11.4. The molecule has 35 heavy (non-hydrogen) atoms. The fraction of sp³-hybridized carbons (Fsp3) is 0.871. The lowest BCUT2D eigenvalue weighted by Crippen LogP contribution is -2.64. The van der Waals surface area contributed by atoms with E-state index < -0.39 is 5.41 Å². The molecule has 0 saturated heterocycles. The first-order valence-corrected chi connectivity index (χ1v) is 14.1. The largest absolute Gasteiger partial charge is 0.469 e. The van der Waals surface area contributed by atoms with Gasteiger partial charge < -0.3 is 14.6 Å². The molecule has 3 fully saturated rings. The summed E-state index contributed by atoms with van der Waals surface area (Å²) in [5.74, 6) is 1.93. The minimum atomic E-state index is -0.407. The standard InChI is InChI=1S/C31H50O4/c1-20-11-14-31(26(34)35-8)16-15-29(6)22(25(31)21(20)2)9-10-24-28(5,17-18-32)23(27(3,4)19-33)12-13-30(24,29)7/h9,19-21,23-25,32H,10-18H2,1-8H3. The molecule has 198 valence electrons. The zero-order chi connectivity index (χ0) is 26.0. The number of aliphatic hydroxyl groups is 1. The van der Waals surface area contributed by atoms with Gasteiger partial charge in [-0.1, -0.05) is 60.1 Å². The molecule has 0 aromatic heterocycles. The molecule has 1 N–H and O–H groups in total. The van der Waals surface area contributed by atoms with Crippen LogP contribution >= 0.6 is 0 Å². The molecule has 0 aliphatic heterocycles. The molecular weight excluding hydrogens is 436 g/mol. The third-order valence-electron chi connectivity index (χ3n) is 12.7. The first kappa shape index (κ1) is 26.9. The lowest BCUT2D eigenvalue weighted by molar-refractivity contribution is -0.184. The lowest BCUT2D eigenvalue weighted by atomic mass is 9.34. The Morgan fingerprint density at radius 3 is 2.43 bits per heavy atom. The summed E-state index contributed by atoms with van der Waals surface area (Å²) in [5.41, 5.74) is 0.692. The predicted molar refractivity (Wildman–Crippen MR) is 140 cm³/mol. The normalized spacial score (nSPS) is 47.6. The summed E-state index contributed by atoms with van der Waals surface area (Å²) >= 11 is 0. The minimum absolute atomic E-state index is 0.00182. The van der Waals surface area contributed by atoms with Gasteiger partial charge in [0.1, 0.15) is 6.29 Å². The predicted octanol–water partition coefficient (Wildman–Crippen LogP) is 6.60. The van der Waals surface area contributed by atoms with Gasteiger partial charge in [0, 0.05) is 12.0 Å². The van der Waals surface area contributed by atoms with Crippen molar-refractivity contribution in [3.8, 4) is 0 Å². The number of hydrogen-bond acceptors (Lipinski definition) is 4. The average Bonchev–Trinajstić information content (AvgIpc) is 2.81. The van der Waals surface area contributed by atoms with Gasteiger partial charge in [-0.25, -0.2) is 0 Å². The SMILES string of the molecule is COC(=O)C12CCC(C)C(C)C1C1=CCC3C(C)(CCO)C(C(C)(C)C=O)CCC3(C)C1(C)CC2. The van der Waals surface area contributed by atoms with Gasteiger partial charge >= 0.3 is 5.97 Å². The van der Waals surface area contributed by atoms with Crippen LogP contribution in [0.4, 0.5) is 0 Å². The fourth-order valence-electron chi connectivity index (χ4n) is 10.3. The third kappa shape index (κ3) is 3.47. The molecule has 9 atom stereocenters.